The highest BCUT2D eigenvalue weighted by Crippen LogP contribution is 2.32. The smallest absolute Gasteiger partial charge is 0.243 e. The maximum absolute atomic E-state index is 13.1. The van der Waals surface area contributed by atoms with E-state index < -0.39 is 10.0 Å². The number of carbonyl (C=O) groups excluding carboxylic acids is 1. The number of H-pyrrole nitrogens is 1. The highest BCUT2D eigenvalue weighted by atomic mass is 32.2. The van der Waals surface area contributed by atoms with Crippen molar-refractivity contribution in [1.29, 1.82) is 0 Å². The lowest BCUT2D eigenvalue weighted by atomic mass is 9.97. The molecule has 2 aromatic carbocycles. The van der Waals surface area contributed by atoms with E-state index in [1.807, 2.05) is 19.1 Å². The first kappa shape index (κ1) is 23.7. The van der Waals surface area contributed by atoms with Gasteiger partial charge in [0, 0.05) is 36.3 Å². The molecule has 1 amide bonds. The van der Waals surface area contributed by atoms with Crippen molar-refractivity contribution in [3.05, 3.63) is 48.3 Å². The molecule has 0 unspecified atom stereocenters. The molecule has 0 aliphatic carbocycles. The second kappa shape index (κ2) is 9.82. The number of aryl methyl sites for hydroxylation is 1. The summed E-state index contributed by atoms with van der Waals surface area (Å²) in [5.74, 6) is 1.74. The molecule has 0 spiro atoms. The summed E-state index contributed by atoms with van der Waals surface area (Å²) in [5.41, 5.74) is 1.51. The Morgan fingerprint density at radius 2 is 1.74 bits per heavy atom. The minimum absolute atomic E-state index is 0.121. The van der Waals surface area contributed by atoms with Crippen LogP contribution in [0, 0.1) is 12.8 Å². The number of rotatable bonds is 7. The van der Waals surface area contributed by atoms with Gasteiger partial charge in [-0.3, -0.25) is 9.89 Å². The number of carbonyl (C=O) groups is 1. The number of benzene rings is 2. The van der Waals surface area contributed by atoms with Gasteiger partial charge in [0.05, 0.1) is 19.1 Å². The number of sulfonamides is 1. The number of methoxy groups -OCH3 is 2. The first-order chi connectivity index (χ1) is 16.3. The van der Waals surface area contributed by atoms with Gasteiger partial charge in [0.15, 0.2) is 17.3 Å². The van der Waals surface area contributed by atoms with Gasteiger partial charge in [0.25, 0.3) is 0 Å². The van der Waals surface area contributed by atoms with Crippen molar-refractivity contribution in [2.75, 3.05) is 32.6 Å². The Balaban J connectivity index is 1.36. The van der Waals surface area contributed by atoms with E-state index in [9.17, 15) is 13.2 Å². The van der Waals surface area contributed by atoms with Gasteiger partial charge in [-0.1, -0.05) is 0 Å². The fourth-order valence-corrected chi connectivity index (χ4v) is 5.39. The SMILES string of the molecule is COc1ccc(S(=O)(=O)N2CCC(C(=O)Nc3ccc(-c4n[nH]c(C)n4)cc3)CC2)cc1OC. The summed E-state index contributed by atoms with van der Waals surface area (Å²) in [5, 5.41) is 9.85. The molecule has 1 aromatic heterocycles. The van der Waals surface area contributed by atoms with E-state index in [1.165, 1.54) is 30.7 Å². The third kappa shape index (κ3) is 4.90. The predicted octanol–water partition coefficient (Wildman–Crippen LogP) is 2.84. The van der Waals surface area contributed by atoms with Crippen molar-refractivity contribution in [1.82, 2.24) is 19.5 Å². The number of amides is 1. The molecule has 0 bridgehead atoms. The quantitative estimate of drug-likeness (QED) is 0.527. The number of aromatic nitrogens is 3. The topological polar surface area (TPSA) is 127 Å². The highest BCUT2D eigenvalue weighted by molar-refractivity contribution is 7.89. The van der Waals surface area contributed by atoms with Gasteiger partial charge in [-0.05, 0) is 56.2 Å². The van der Waals surface area contributed by atoms with Crippen molar-refractivity contribution in [3.8, 4) is 22.9 Å². The lowest BCUT2D eigenvalue weighted by Gasteiger charge is -2.30. The minimum Gasteiger partial charge on any atom is -0.493 e. The maximum Gasteiger partial charge on any atom is 0.243 e. The molecule has 0 saturated carbocycles. The summed E-state index contributed by atoms with van der Waals surface area (Å²) in [6, 6.07) is 11.8. The monoisotopic (exact) mass is 485 g/mol. The van der Waals surface area contributed by atoms with E-state index >= 15 is 0 Å². The molecule has 3 aromatic rings. The summed E-state index contributed by atoms with van der Waals surface area (Å²) >= 11 is 0. The summed E-state index contributed by atoms with van der Waals surface area (Å²) in [6.45, 7) is 2.35. The second-order valence-electron chi connectivity index (χ2n) is 8.01. The molecule has 4 rings (SSSR count). The van der Waals surface area contributed by atoms with Crippen molar-refractivity contribution >= 4 is 21.6 Å². The molecular formula is C23H27N5O5S. The van der Waals surface area contributed by atoms with Gasteiger partial charge in [-0.15, -0.1) is 0 Å². The standard InChI is InChI=1S/C23H27N5O5S/c1-15-24-22(27-26-15)16-4-6-18(7-5-16)25-23(29)17-10-12-28(13-11-17)34(30,31)19-8-9-20(32-2)21(14-19)33-3/h4-9,14,17H,10-13H2,1-3H3,(H,25,29)(H,24,26,27). The van der Waals surface area contributed by atoms with Crippen LogP contribution in [0.25, 0.3) is 11.4 Å². The summed E-state index contributed by atoms with van der Waals surface area (Å²) in [4.78, 5) is 17.2. The van der Waals surface area contributed by atoms with Crippen LogP contribution in [0.2, 0.25) is 0 Å². The van der Waals surface area contributed by atoms with E-state index in [-0.39, 0.29) is 29.8 Å². The minimum atomic E-state index is -3.71. The molecule has 34 heavy (non-hydrogen) atoms. The Labute approximate surface area is 198 Å². The molecule has 2 heterocycles. The molecule has 11 heteroatoms. The van der Waals surface area contributed by atoms with Gasteiger partial charge in [-0.2, -0.15) is 9.40 Å². The predicted molar refractivity (Wildman–Crippen MR) is 126 cm³/mol. The van der Waals surface area contributed by atoms with E-state index in [0.29, 0.717) is 35.9 Å². The Morgan fingerprint density at radius 3 is 2.32 bits per heavy atom. The molecule has 1 fully saturated rings. The van der Waals surface area contributed by atoms with Crippen molar-refractivity contribution in [3.63, 3.8) is 0 Å². The summed E-state index contributed by atoms with van der Waals surface area (Å²) < 4.78 is 38.0. The zero-order chi connectivity index (χ0) is 24.3. The van der Waals surface area contributed by atoms with Crippen LogP contribution in [-0.4, -0.2) is 61.1 Å². The number of aromatic amines is 1. The van der Waals surface area contributed by atoms with Crippen LogP contribution in [0.4, 0.5) is 5.69 Å². The molecule has 180 valence electrons. The Bertz CT molecular complexity index is 1270. The van der Waals surface area contributed by atoms with Gasteiger partial charge < -0.3 is 14.8 Å². The van der Waals surface area contributed by atoms with E-state index in [1.54, 1.807) is 18.2 Å². The number of nitrogens with zero attached hydrogens (tertiary/aromatic N) is 3. The van der Waals surface area contributed by atoms with E-state index in [4.69, 9.17) is 9.47 Å². The van der Waals surface area contributed by atoms with Crippen molar-refractivity contribution in [2.45, 2.75) is 24.7 Å². The number of ether oxygens (including phenoxy) is 2. The van der Waals surface area contributed by atoms with Crippen LogP contribution in [0.3, 0.4) is 0 Å². The zero-order valence-electron chi connectivity index (χ0n) is 19.2. The average molecular weight is 486 g/mol. The molecular weight excluding hydrogens is 458 g/mol. The normalized spacial score (nSPS) is 15.1. The zero-order valence-corrected chi connectivity index (χ0v) is 20.1. The second-order valence-corrected chi connectivity index (χ2v) is 9.94. The summed E-state index contributed by atoms with van der Waals surface area (Å²) in [6.07, 6.45) is 0.875. The lowest BCUT2D eigenvalue weighted by Crippen LogP contribution is -2.41. The number of hydrogen-bond donors (Lipinski definition) is 2. The summed E-state index contributed by atoms with van der Waals surface area (Å²) in [7, 11) is -0.753. The lowest BCUT2D eigenvalue weighted by molar-refractivity contribution is -0.120. The maximum atomic E-state index is 13.1. The fraction of sp³-hybridized carbons (Fsp3) is 0.348. The molecule has 1 aliphatic rings. The van der Waals surface area contributed by atoms with E-state index in [0.717, 1.165) is 11.4 Å². The number of nitrogens with one attached hydrogen (secondary N) is 2. The molecule has 10 nitrogen and oxygen atoms in total. The first-order valence-electron chi connectivity index (χ1n) is 10.8. The molecule has 0 radical (unpaired) electrons. The van der Waals surface area contributed by atoms with Crippen molar-refractivity contribution < 1.29 is 22.7 Å². The number of hydrogen-bond acceptors (Lipinski definition) is 7. The third-order valence-electron chi connectivity index (χ3n) is 5.83. The van der Waals surface area contributed by atoms with Crippen LogP contribution in [-0.2, 0) is 14.8 Å². The number of piperidine rings is 1. The third-order valence-corrected chi connectivity index (χ3v) is 7.72. The van der Waals surface area contributed by atoms with Gasteiger partial charge >= 0.3 is 0 Å². The molecule has 1 saturated heterocycles. The van der Waals surface area contributed by atoms with Crippen LogP contribution in [0.5, 0.6) is 11.5 Å². The van der Waals surface area contributed by atoms with E-state index in [2.05, 4.69) is 20.5 Å². The first-order valence-corrected chi connectivity index (χ1v) is 12.3. The Morgan fingerprint density at radius 1 is 1.06 bits per heavy atom. The largest absolute Gasteiger partial charge is 0.493 e. The molecule has 1 aliphatic heterocycles. The molecule has 0 atom stereocenters. The van der Waals surface area contributed by atoms with Crippen molar-refractivity contribution in [2.24, 2.45) is 5.92 Å². The van der Waals surface area contributed by atoms with Crippen LogP contribution < -0.4 is 14.8 Å². The number of anilines is 1. The average Bonchev–Trinajstić information content (AvgIpc) is 3.30. The molecule has 2 N–H and O–H groups in total. The Hall–Kier alpha value is -3.44. The van der Waals surface area contributed by atoms with Crippen LogP contribution >= 0.6 is 0 Å². The van der Waals surface area contributed by atoms with Gasteiger partial charge in [-0.25, -0.2) is 13.4 Å². The fourth-order valence-electron chi connectivity index (χ4n) is 3.90. The Kier molecular flexibility index (Phi) is 6.85. The van der Waals surface area contributed by atoms with Crippen LogP contribution in [0.15, 0.2) is 47.4 Å². The van der Waals surface area contributed by atoms with Gasteiger partial charge in [0.1, 0.15) is 5.82 Å². The van der Waals surface area contributed by atoms with Crippen LogP contribution in [0.1, 0.15) is 18.7 Å². The highest BCUT2D eigenvalue weighted by Gasteiger charge is 2.32. The van der Waals surface area contributed by atoms with Gasteiger partial charge in [0.2, 0.25) is 15.9 Å².